The summed E-state index contributed by atoms with van der Waals surface area (Å²) in [6.45, 7) is 5.44. The van der Waals surface area contributed by atoms with Crippen LogP contribution >= 0.6 is 0 Å². The van der Waals surface area contributed by atoms with Crippen molar-refractivity contribution >= 4 is 17.5 Å². The smallest absolute Gasteiger partial charge is 0.347 e. The molecule has 0 spiro atoms. The number of nitrogens with zero attached hydrogens (tertiary/aromatic N) is 2. The molecule has 7 heteroatoms. The van der Waals surface area contributed by atoms with E-state index in [4.69, 9.17) is 0 Å². The molecular weight excluding hydrogens is 308 g/mol. The molecule has 0 fully saturated rings. The molecule has 0 atom stereocenters. The van der Waals surface area contributed by atoms with E-state index in [1.807, 2.05) is 20.8 Å². The molecule has 0 aliphatic heterocycles. The molecule has 0 radical (unpaired) electrons. The highest BCUT2D eigenvalue weighted by Crippen LogP contribution is 2.17. The lowest BCUT2D eigenvalue weighted by molar-refractivity contribution is -0.116. The van der Waals surface area contributed by atoms with Crippen LogP contribution in [0, 0.1) is 6.92 Å². The lowest BCUT2D eigenvalue weighted by Gasteiger charge is -2.12. The average molecular weight is 328 g/mol. The van der Waals surface area contributed by atoms with Crippen molar-refractivity contribution in [3.8, 4) is 0 Å². The molecule has 1 aromatic heterocycles. The molecular formula is C17H20N4O3. The van der Waals surface area contributed by atoms with Gasteiger partial charge >= 0.3 is 5.69 Å². The zero-order valence-electron chi connectivity index (χ0n) is 13.9. The summed E-state index contributed by atoms with van der Waals surface area (Å²) in [7, 11) is 0. The summed E-state index contributed by atoms with van der Waals surface area (Å²) in [4.78, 5) is 39.3. The molecule has 0 aliphatic rings. The van der Waals surface area contributed by atoms with Crippen LogP contribution in [0.1, 0.15) is 29.8 Å². The van der Waals surface area contributed by atoms with Gasteiger partial charge in [0.25, 0.3) is 5.91 Å². The van der Waals surface area contributed by atoms with E-state index >= 15 is 0 Å². The van der Waals surface area contributed by atoms with E-state index < -0.39 is 5.69 Å². The first-order chi connectivity index (χ1) is 11.4. The van der Waals surface area contributed by atoms with Gasteiger partial charge in [-0.1, -0.05) is 6.07 Å². The number of amides is 2. The third-order valence-corrected chi connectivity index (χ3v) is 3.29. The maximum Gasteiger partial charge on any atom is 0.347 e. The van der Waals surface area contributed by atoms with Crippen LogP contribution in [0.5, 0.6) is 0 Å². The topological polar surface area (TPSA) is 93.1 Å². The molecule has 1 heterocycles. The quantitative estimate of drug-likeness (QED) is 0.866. The Morgan fingerprint density at radius 1 is 1.29 bits per heavy atom. The molecule has 2 N–H and O–H groups in total. The zero-order chi connectivity index (χ0) is 17.7. The predicted octanol–water partition coefficient (Wildman–Crippen LogP) is 1.33. The van der Waals surface area contributed by atoms with Gasteiger partial charge in [-0.15, -0.1) is 0 Å². The highest BCUT2D eigenvalue weighted by molar-refractivity contribution is 5.97. The van der Waals surface area contributed by atoms with Crippen molar-refractivity contribution < 1.29 is 9.59 Å². The molecule has 24 heavy (non-hydrogen) atoms. The van der Waals surface area contributed by atoms with Gasteiger partial charge in [0, 0.05) is 29.7 Å². The first-order valence-corrected chi connectivity index (χ1v) is 7.59. The molecule has 1 aromatic carbocycles. The number of aromatic nitrogens is 2. The summed E-state index contributed by atoms with van der Waals surface area (Å²) in [6.07, 6.45) is 2.87. The third-order valence-electron chi connectivity index (χ3n) is 3.29. The van der Waals surface area contributed by atoms with E-state index in [1.54, 1.807) is 24.3 Å². The number of rotatable bonds is 5. The summed E-state index contributed by atoms with van der Waals surface area (Å²) in [6, 6.07) is 6.69. The van der Waals surface area contributed by atoms with Gasteiger partial charge < -0.3 is 10.6 Å². The molecule has 2 amide bonds. The summed E-state index contributed by atoms with van der Waals surface area (Å²) < 4.78 is 1.21. The molecule has 0 saturated heterocycles. The predicted molar refractivity (Wildman–Crippen MR) is 90.9 cm³/mol. The van der Waals surface area contributed by atoms with Crippen molar-refractivity contribution in [1.82, 2.24) is 14.9 Å². The third kappa shape index (κ3) is 4.52. The molecule has 2 aromatic rings. The van der Waals surface area contributed by atoms with Gasteiger partial charge in [0.1, 0.15) is 6.54 Å². The number of carbonyl (C=O) groups excluding carboxylic acids is 2. The van der Waals surface area contributed by atoms with Crippen LogP contribution in [0.4, 0.5) is 5.69 Å². The number of hydrogen-bond acceptors (Lipinski definition) is 4. The fraction of sp³-hybridized carbons (Fsp3) is 0.294. The first-order valence-electron chi connectivity index (χ1n) is 7.59. The van der Waals surface area contributed by atoms with Crippen molar-refractivity contribution in [2.24, 2.45) is 0 Å². The maximum absolute atomic E-state index is 12.1. The SMILES string of the molecule is Cc1ccc(C(=O)NC(C)C)cc1NC(=O)Cn1cccnc1=O. The minimum Gasteiger partial charge on any atom is -0.350 e. The van der Waals surface area contributed by atoms with Gasteiger partial charge in [-0.25, -0.2) is 9.78 Å². The van der Waals surface area contributed by atoms with Crippen LogP contribution < -0.4 is 16.3 Å². The largest absolute Gasteiger partial charge is 0.350 e. The molecule has 0 aliphatic carbocycles. The summed E-state index contributed by atoms with van der Waals surface area (Å²) >= 11 is 0. The van der Waals surface area contributed by atoms with Crippen molar-refractivity contribution in [3.05, 3.63) is 58.3 Å². The van der Waals surface area contributed by atoms with E-state index in [2.05, 4.69) is 15.6 Å². The molecule has 0 unspecified atom stereocenters. The Bertz CT molecular complexity index is 811. The Balaban J connectivity index is 2.14. The zero-order valence-corrected chi connectivity index (χ0v) is 13.9. The Kier molecular flexibility index (Phi) is 5.47. The van der Waals surface area contributed by atoms with E-state index in [0.717, 1.165) is 5.56 Å². The Morgan fingerprint density at radius 3 is 2.71 bits per heavy atom. The molecule has 0 bridgehead atoms. The number of carbonyl (C=O) groups is 2. The van der Waals surface area contributed by atoms with Crippen molar-refractivity contribution in [3.63, 3.8) is 0 Å². The number of nitrogens with one attached hydrogen (secondary N) is 2. The fourth-order valence-electron chi connectivity index (χ4n) is 2.10. The van der Waals surface area contributed by atoms with Gasteiger partial charge in [-0.05, 0) is 44.5 Å². The maximum atomic E-state index is 12.1. The molecule has 0 saturated carbocycles. The second-order valence-electron chi connectivity index (χ2n) is 5.74. The number of anilines is 1. The van der Waals surface area contributed by atoms with Crippen LogP contribution in [-0.4, -0.2) is 27.4 Å². The Labute approximate surface area is 139 Å². The Morgan fingerprint density at radius 2 is 2.04 bits per heavy atom. The minimum atomic E-state index is -0.491. The number of benzene rings is 1. The van der Waals surface area contributed by atoms with E-state index in [0.29, 0.717) is 11.3 Å². The van der Waals surface area contributed by atoms with Crippen LogP contribution in [0.25, 0.3) is 0 Å². The standard InChI is InChI=1S/C17H20N4O3/c1-11(2)19-16(23)13-6-5-12(3)14(9-13)20-15(22)10-21-8-4-7-18-17(21)24/h4-9,11H,10H2,1-3H3,(H,19,23)(H,20,22). The van der Waals surface area contributed by atoms with Crippen LogP contribution in [0.2, 0.25) is 0 Å². The van der Waals surface area contributed by atoms with Crippen LogP contribution in [0.15, 0.2) is 41.5 Å². The monoisotopic (exact) mass is 328 g/mol. The van der Waals surface area contributed by atoms with Crippen molar-refractivity contribution in [2.75, 3.05) is 5.32 Å². The van der Waals surface area contributed by atoms with E-state index in [1.165, 1.54) is 17.0 Å². The lowest BCUT2D eigenvalue weighted by Crippen LogP contribution is -2.30. The molecule has 126 valence electrons. The fourth-order valence-corrected chi connectivity index (χ4v) is 2.10. The Hall–Kier alpha value is -2.96. The van der Waals surface area contributed by atoms with Gasteiger partial charge in [-0.3, -0.25) is 14.2 Å². The minimum absolute atomic E-state index is 0.0225. The van der Waals surface area contributed by atoms with E-state index in [9.17, 15) is 14.4 Å². The molecule has 2 rings (SSSR count). The van der Waals surface area contributed by atoms with Gasteiger partial charge in [0.05, 0.1) is 0 Å². The summed E-state index contributed by atoms with van der Waals surface area (Å²) in [5, 5.41) is 5.53. The van der Waals surface area contributed by atoms with Gasteiger partial charge in [-0.2, -0.15) is 0 Å². The lowest BCUT2D eigenvalue weighted by atomic mass is 10.1. The number of hydrogen-bond donors (Lipinski definition) is 2. The van der Waals surface area contributed by atoms with Crippen LogP contribution in [0.3, 0.4) is 0 Å². The second-order valence-corrected chi connectivity index (χ2v) is 5.74. The average Bonchev–Trinajstić information content (AvgIpc) is 2.51. The van der Waals surface area contributed by atoms with Gasteiger partial charge in [0.2, 0.25) is 5.91 Å². The first kappa shape index (κ1) is 17.4. The van der Waals surface area contributed by atoms with E-state index in [-0.39, 0.29) is 24.4 Å². The number of aryl methyl sites for hydroxylation is 1. The normalized spacial score (nSPS) is 10.5. The van der Waals surface area contributed by atoms with Crippen molar-refractivity contribution in [2.45, 2.75) is 33.4 Å². The summed E-state index contributed by atoms with van der Waals surface area (Å²) in [5.74, 6) is -0.571. The summed E-state index contributed by atoms with van der Waals surface area (Å²) in [5.41, 5.74) is 1.33. The highest BCUT2D eigenvalue weighted by Gasteiger charge is 2.11. The second kappa shape index (κ2) is 7.54. The van der Waals surface area contributed by atoms with Gasteiger partial charge in [0.15, 0.2) is 0 Å². The van der Waals surface area contributed by atoms with Crippen LogP contribution in [-0.2, 0) is 11.3 Å². The van der Waals surface area contributed by atoms with Crippen molar-refractivity contribution in [1.29, 1.82) is 0 Å². The molecule has 7 nitrogen and oxygen atoms in total. The highest BCUT2D eigenvalue weighted by atomic mass is 16.2.